The Labute approximate surface area is 228 Å². The summed E-state index contributed by atoms with van der Waals surface area (Å²) in [5.74, 6) is 0.250. The highest BCUT2D eigenvalue weighted by Gasteiger charge is 2.42. The number of phosphoric acid groups is 3. The van der Waals surface area contributed by atoms with E-state index < -0.39 is 23.5 Å². The third-order valence-corrected chi connectivity index (χ3v) is 9.99. The van der Waals surface area contributed by atoms with E-state index in [0.29, 0.717) is 6.42 Å². The Morgan fingerprint density at radius 2 is 1.13 bits per heavy atom. The monoisotopic (exact) mass is 600 g/mol. The first-order valence-corrected chi connectivity index (χ1v) is 18.2. The molecule has 0 amide bonds. The molecule has 0 fully saturated rings. The first kappa shape index (κ1) is 35.5. The topological polar surface area (TPSA) is 160 Å². The molecule has 1 aromatic carbocycles. The minimum Gasteiger partial charge on any atom is -0.404 e. The first-order chi connectivity index (χ1) is 17.7. The van der Waals surface area contributed by atoms with E-state index >= 15 is 0 Å². The lowest BCUT2D eigenvalue weighted by atomic mass is 9.87. The number of hydrogen-bond acceptors (Lipinski definition) is 6. The minimum atomic E-state index is -5.59. The summed E-state index contributed by atoms with van der Waals surface area (Å²) in [7, 11) is -16.3. The lowest BCUT2D eigenvalue weighted by Crippen LogP contribution is -2.07. The van der Waals surface area contributed by atoms with Crippen LogP contribution in [0.15, 0.2) is 12.1 Å². The molecule has 38 heavy (non-hydrogen) atoms. The van der Waals surface area contributed by atoms with Crippen LogP contribution in [0.2, 0.25) is 0 Å². The van der Waals surface area contributed by atoms with E-state index in [1.165, 1.54) is 25.7 Å². The van der Waals surface area contributed by atoms with Crippen LogP contribution < -0.4 is 4.52 Å². The highest BCUT2D eigenvalue weighted by molar-refractivity contribution is 7.66. The zero-order chi connectivity index (χ0) is 28.8. The van der Waals surface area contributed by atoms with Gasteiger partial charge < -0.3 is 19.2 Å². The average Bonchev–Trinajstić information content (AvgIpc) is 2.76. The van der Waals surface area contributed by atoms with Crippen molar-refractivity contribution >= 4 is 23.5 Å². The molecule has 0 radical (unpaired) electrons. The largest absolute Gasteiger partial charge is 0.536 e. The molecule has 10 nitrogen and oxygen atoms in total. The lowest BCUT2D eigenvalue weighted by molar-refractivity contribution is 0.206. The molecule has 4 N–H and O–H groups in total. The molecular formula is C25H47O10P3. The SMILES string of the molecule is CCCCCCCCc1c(OP(=O)(O)OP(=O)(O)OP(=O)(O)O)ccc(C(C)C)c1CCCCCCCC. The lowest BCUT2D eigenvalue weighted by Gasteiger charge is -2.23. The van der Waals surface area contributed by atoms with Crippen LogP contribution in [0.5, 0.6) is 5.75 Å². The summed E-state index contributed by atoms with van der Waals surface area (Å²) in [6, 6.07) is 3.37. The fourth-order valence-corrected chi connectivity index (χ4v) is 7.53. The Morgan fingerprint density at radius 3 is 1.61 bits per heavy atom. The van der Waals surface area contributed by atoms with Gasteiger partial charge in [-0.15, -0.1) is 0 Å². The van der Waals surface area contributed by atoms with Gasteiger partial charge in [0.25, 0.3) is 0 Å². The van der Waals surface area contributed by atoms with E-state index in [1.807, 2.05) is 6.07 Å². The smallest absolute Gasteiger partial charge is 0.404 e. The second-order valence-electron chi connectivity index (χ2n) is 9.98. The van der Waals surface area contributed by atoms with E-state index in [0.717, 1.165) is 74.5 Å². The second-order valence-corrected chi connectivity index (χ2v) is 14.3. The van der Waals surface area contributed by atoms with Crippen LogP contribution in [0.25, 0.3) is 0 Å². The standard InChI is InChI=1S/C25H47O10P3/c1-5-7-9-11-13-15-17-23-22(21(3)4)19-20-25(24(23)18-16-14-12-10-8-6-2)33-37(29,30)35-38(31,32)34-36(26,27)28/h19-21H,5-18H2,1-4H3,(H,29,30)(H,31,32)(H2,26,27,28). The number of phosphoric ester groups is 1. The highest BCUT2D eigenvalue weighted by atomic mass is 31.3. The van der Waals surface area contributed by atoms with Gasteiger partial charge in [0.05, 0.1) is 0 Å². The predicted octanol–water partition coefficient (Wildman–Crippen LogP) is 8.32. The third kappa shape index (κ3) is 14.7. The number of rotatable bonds is 21. The van der Waals surface area contributed by atoms with Crippen LogP contribution in [0, 0.1) is 0 Å². The van der Waals surface area contributed by atoms with Crippen molar-refractivity contribution in [1.82, 2.24) is 0 Å². The zero-order valence-electron chi connectivity index (χ0n) is 23.2. The third-order valence-electron chi connectivity index (χ3n) is 6.24. The normalized spacial score (nSPS) is 15.4. The van der Waals surface area contributed by atoms with E-state index in [-0.39, 0.29) is 11.7 Å². The molecule has 0 aliphatic rings. The van der Waals surface area contributed by atoms with Crippen LogP contribution in [0.4, 0.5) is 0 Å². The number of benzene rings is 1. The summed E-state index contributed by atoms with van der Waals surface area (Å²) in [6.45, 7) is 8.49. The molecule has 222 valence electrons. The Kier molecular flexibility index (Phi) is 16.2. The summed E-state index contributed by atoms with van der Waals surface area (Å²) in [4.78, 5) is 37.4. The van der Waals surface area contributed by atoms with Crippen molar-refractivity contribution in [1.29, 1.82) is 0 Å². The Hall–Kier alpha value is -0.530. The Morgan fingerprint density at radius 1 is 0.658 bits per heavy atom. The number of hydrogen-bond donors (Lipinski definition) is 4. The summed E-state index contributed by atoms with van der Waals surface area (Å²) >= 11 is 0. The molecule has 1 aromatic rings. The van der Waals surface area contributed by atoms with Gasteiger partial charge in [0.1, 0.15) is 5.75 Å². The van der Waals surface area contributed by atoms with Gasteiger partial charge in [0, 0.05) is 0 Å². The van der Waals surface area contributed by atoms with Crippen LogP contribution >= 0.6 is 23.5 Å². The van der Waals surface area contributed by atoms with Crippen molar-refractivity contribution in [3.8, 4) is 5.75 Å². The molecule has 0 saturated carbocycles. The van der Waals surface area contributed by atoms with E-state index in [1.54, 1.807) is 6.07 Å². The maximum Gasteiger partial charge on any atom is 0.536 e. The maximum absolute atomic E-state index is 12.6. The van der Waals surface area contributed by atoms with Crippen molar-refractivity contribution in [3.63, 3.8) is 0 Å². The fraction of sp³-hybridized carbons (Fsp3) is 0.760. The van der Waals surface area contributed by atoms with Gasteiger partial charge in [-0.3, -0.25) is 4.89 Å². The maximum atomic E-state index is 12.6. The molecule has 0 aliphatic carbocycles. The van der Waals surface area contributed by atoms with E-state index in [2.05, 4.69) is 36.3 Å². The van der Waals surface area contributed by atoms with Gasteiger partial charge in [-0.1, -0.05) is 98.0 Å². The van der Waals surface area contributed by atoms with Gasteiger partial charge >= 0.3 is 23.5 Å². The summed E-state index contributed by atoms with van der Waals surface area (Å²) < 4.78 is 48.5. The summed E-state index contributed by atoms with van der Waals surface area (Å²) in [6.07, 6.45) is 14.4. The fourth-order valence-electron chi connectivity index (χ4n) is 4.47. The molecule has 2 unspecified atom stereocenters. The summed E-state index contributed by atoms with van der Waals surface area (Å²) in [5.41, 5.74) is 2.90. The van der Waals surface area contributed by atoms with Crippen LogP contribution in [-0.2, 0) is 35.2 Å². The first-order valence-electron chi connectivity index (χ1n) is 13.7. The second kappa shape index (κ2) is 17.3. The molecule has 1 rings (SSSR count). The molecule has 0 aromatic heterocycles. The average molecular weight is 601 g/mol. The molecule has 0 heterocycles. The van der Waals surface area contributed by atoms with Crippen molar-refractivity contribution in [2.24, 2.45) is 0 Å². The van der Waals surface area contributed by atoms with Gasteiger partial charge in [0.2, 0.25) is 0 Å². The van der Waals surface area contributed by atoms with Crippen molar-refractivity contribution in [3.05, 3.63) is 28.8 Å². The van der Waals surface area contributed by atoms with Gasteiger partial charge in [0.15, 0.2) is 0 Å². The summed E-state index contributed by atoms with van der Waals surface area (Å²) in [5, 5.41) is 0. The quantitative estimate of drug-likeness (QED) is 0.0798. The predicted molar refractivity (Wildman–Crippen MR) is 149 cm³/mol. The molecule has 2 atom stereocenters. The molecule has 0 spiro atoms. The van der Waals surface area contributed by atoms with Gasteiger partial charge in [-0.2, -0.15) is 8.62 Å². The molecule has 0 saturated heterocycles. The Balaban J connectivity index is 3.23. The van der Waals surface area contributed by atoms with Crippen LogP contribution in [0.1, 0.15) is 127 Å². The molecule has 13 heteroatoms. The molecule has 0 aliphatic heterocycles. The van der Waals surface area contributed by atoms with E-state index in [4.69, 9.17) is 14.3 Å². The minimum absolute atomic E-state index is 0.0472. The van der Waals surface area contributed by atoms with Crippen molar-refractivity contribution in [2.75, 3.05) is 0 Å². The van der Waals surface area contributed by atoms with Crippen molar-refractivity contribution in [2.45, 2.75) is 124 Å². The van der Waals surface area contributed by atoms with E-state index in [9.17, 15) is 23.5 Å². The Bertz CT molecular complexity index is 976. The van der Waals surface area contributed by atoms with Gasteiger partial charge in [-0.05, 0) is 54.4 Å². The molecular weight excluding hydrogens is 553 g/mol. The highest BCUT2D eigenvalue weighted by Crippen LogP contribution is 2.66. The van der Waals surface area contributed by atoms with Crippen LogP contribution in [0.3, 0.4) is 0 Å². The van der Waals surface area contributed by atoms with Crippen molar-refractivity contribution < 1.29 is 46.4 Å². The number of unbranched alkanes of at least 4 members (excludes halogenated alkanes) is 10. The zero-order valence-corrected chi connectivity index (χ0v) is 25.9. The van der Waals surface area contributed by atoms with Gasteiger partial charge in [-0.25, -0.2) is 13.7 Å². The molecule has 0 bridgehead atoms. The van der Waals surface area contributed by atoms with Crippen LogP contribution in [-0.4, -0.2) is 19.6 Å².